The number of likely N-dealkylation sites (N-methyl/N-ethyl adjacent to an activating group) is 1. The van der Waals surface area contributed by atoms with Crippen LogP contribution in [0.4, 0.5) is 5.82 Å². The lowest BCUT2D eigenvalue weighted by Crippen LogP contribution is -2.41. The average Bonchev–Trinajstić information content (AvgIpc) is 2.83. The number of imidazole rings is 1. The van der Waals surface area contributed by atoms with Crippen LogP contribution in [0.1, 0.15) is 20.8 Å². The quantitative estimate of drug-likeness (QED) is 0.901. The Hall–Kier alpha value is -2.11. The molecule has 0 fully saturated rings. The summed E-state index contributed by atoms with van der Waals surface area (Å²) in [7, 11) is 1.93. The molecular formula is C14H21N5O. The number of hydrogen-bond acceptors (Lipinski definition) is 4. The van der Waals surface area contributed by atoms with Crippen molar-refractivity contribution >= 4 is 22.8 Å². The van der Waals surface area contributed by atoms with Crippen molar-refractivity contribution in [1.82, 2.24) is 19.4 Å². The third-order valence-corrected chi connectivity index (χ3v) is 3.44. The van der Waals surface area contributed by atoms with Crippen LogP contribution >= 0.6 is 0 Å². The molecule has 0 bridgehead atoms. The number of carbonyl (C=O) groups excluding carboxylic acids is 1. The number of rotatable bonds is 5. The van der Waals surface area contributed by atoms with E-state index in [0.29, 0.717) is 18.9 Å². The van der Waals surface area contributed by atoms with Gasteiger partial charge in [0, 0.05) is 26.3 Å². The molecule has 0 aromatic carbocycles. The summed E-state index contributed by atoms with van der Waals surface area (Å²) in [6.45, 7) is 7.23. The summed E-state index contributed by atoms with van der Waals surface area (Å²) in [5.41, 5.74) is 1.78. The Morgan fingerprint density at radius 1 is 1.40 bits per heavy atom. The molecule has 0 aliphatic rings. The lowest BCUT2D eigenvalue weighted by molar-refractivity contribution is -0.131. The summed E-state index contributed by atoms with van der Waals surface area (Å²) in [6.07, 6.45) is 3.47. The lowest BCUT2D eigenvalue weighted by atomic mass is 10.2. The van der Waals surface area contributed by atoms with Crippen molar-refractivity contribution in [3.05, 3.63) is 18.6 Å². The van der Waals surface area contributed by atoms with Crippen molar-refractivity contribution in [2.45, 2.75) is 26.8 Å². The zero-order valence-electron chi connectivity index (χ0n) is 12.4. The van der Waals surface area contributed by atoms with Gasteiger partial charge in [0.1, 0.15) is 11.6 Å². The molecule has 6 nitrogen and oxygen atoms in total. The van der Waals surface area contributed by atoms with Crippen molar-refractivity contribution < 1.29 is 4.79 Å². The molecule has 1 N–H and O–H groups in total. The first-order valence-electron chi connectivity index (χ1n) is 6.89. The first-order valence-corrected chi connectivity index (χ1v) is 6.89. The highest BCUT2D eigenvalue weighted by Gasteiger charge is 2.19. The summed E-state index contributed by atoms with van der Waals surface area (Å²) in [6, 6.07) is 1.58. The van der Waals surface area contributed by atoms with Crippen molar-refractivity contribution in [3.63, 3.8) is 0 Å². The second-order valence-corrected chi connectivity index (χ2v) is 4.76. The van der Waals surface area contributed by atoms with E-state index < -0.39 is 0 Å². The highest BCUT2D eigenvalue weighted by Crippen LogP contribution is 2.19. The van der Waals surface area contributed by atoms with Crippen molar-refractivity contribution in [2.24, 2.45) is 7.05 Å². The third kappa shape index (κ3) is 2.59. The van der Waals surface area contributed by atoms with Gasteiger partial charge in [-0.1, -0.05) is 0 Å². The molecule has 0 spiro atoms. The SMILES string of the molecule is CCN(CC)C(=O)C(C)Nc1nccc2c1ncn2C. The number of carbonyl (C=O) groups is 1. The number of nitrogens with zero attached hydrogens (tertiary/aromatic N) is 4. The standard InChI is InChI=1S/C14H21N5O/c1-5-19(6-2)14(20)10(3)17-13-12-11(7-8-15-13)18(4)9-16-12/h7-10H,5-6H2,1-4H3,(H,15,17). The van der Waals surface area contributed by atoms with E-state index in [-0.39, 0.29) is 11.9 Å². The van der Waals surface area contributed by atoms with Crippen molar-refractivity contribution in [3.8, 4) is 0 Å². The molecule has 2 rings (SSSR count). The summed E-state index contributed by atoms with van der Waals surface area (Å²) in [5.74, 6) is 0.723. The van der Waals surface area contributed by atoms with Crippen LogP contribution in [-0.4, -0.2) is 44.5 Å². The Bertz CT molecular complexity index is 603. The number of anilines is 1. The van der Waals surface area contributed by atoms with E-state index in [0.717, 1.165) is 11.0 Å². The van der Waals surface area contributed by atoms with Gasteiger partial charge in [0.15, 0.2) is 5.82 Å². The molecule has 20 heavy (non-hydrogen) atoms. The number of fused-ring (bicyclic) bond motifs is 1. The van der Waals surface area contributed by atoms with Gasteiger partial charge in [-0.2, -0.15) is 0 Å². The van der Waals surface area contributed by atoms with Gasteiger partial charge in [0.05, 0.1) is 11.8 Å². The van der Waals surface area contributed by atoms with E-state index in [1.165, 1.54) is 0 Å². The van der Waals surface area contributed by atoms with E-state index in [4.69, 9.17) is 0 Å². The highest BCUT2D eigenvalue weighted by atomic mass is 16.2. The molecule has 0 radical (unpaired) electrons. The first-order chi connectivity index (χ1) is 9.58. The van der Waals surface area contributed by atoms with E-state index in [1.807, 2.05) is 38.5 Å². The fourth-order valence-corrected chi connectivity index (χ4v) is 2.24. The molecule has 1 atom stereocenters. The molecule has 2 aromatic rings. The number of pyridine rings is 1. The summed E-state index contributed by atoms with van der Waals surface area (Å²) < 4.78 is 1.93. The van der Waals surface area contributed by atoms with Gasteiger partial charge in [0.25, 0.3) is 0 Å². The topological polar surface area (TPSA) is 63.1 Å². The predicted molar refractivity (Wildman–Crippen MR) is 79.5 cm³/mol. The number of hydrogen-bond donors (Lipinski definition) is 1. The fourth-order valence-electron chi connectivity index (χ4n) is 2.24. The van der Waals surface area contributed by atoms with Gasteiger partial charge in [-0.05, 0) is 26.8 Å². The number of aryl methyl sites for hydroxylation is 1. The Morgan fingerprint density at radius 3 is 2.75 bits per heavy atom. The normalized spacial score (nSPS) is 12.4. The molecule has 6 heteroatoms. The van der Waals surface area contributed by atoms with Crippen LogP contribution < -0.4 is 5.32 Å². The minimum Gasteiger partial charge on any atom is -0.357 e. The van der Waals surface area contributed by atoms with Gasteiger partial charge in [-0.25, -0.2) is 9.97 Å². The largest absolute Gasteiger partial charge is 0.357 e. The zero-order chi connectivity index (χ0) is 14.7. The van der Waals surface area contributed by atoms with Gasteiger partial charge >= 0.3 is 0 Å². The highest BCUT2D eigenvalue weighted by molar-refractivity contribution is 5.90. The number of nitrogens with one attached hydrogen (secondary N) is 1. The molecule has 1 amide bonds. The second-order valence-electron chi connectivity index (χ2n) is 4.76. The van der Waals surface area contributed by atoms with Crippen LogP contribution in [0.2, 0.25) is 0 Å². The number of aromatic nitrogens is 3. The molecule has 108 valence electrons. The Labute approximate surface area is 118 Å². The van der Waals surface area contributed by atoms with Crippen molar-refractivity contribution in [1.29, 1.82) is 0 Å². The predicted octanol–water partition coefficient (Wildman–Crippen LogP) is 1.64. The summed E-state index contributed by atoms with van der Waals surface area (Å²) >= 11 is 0. The molecule has 2 heterocycles. The Kier molecular flexibility index (Phi) is 4.22. The summed E-state index contributed by atoms with van der Waals surface area (Å²) in [4.78, 5) is 22.7. The second kappa shape index (κ2) is 5.90. The minimum atomic E-state index is -0.324. The molecular weight excluding hydrogens is 254 g/mol. The zero-order valence-corrected chi connectivity index (χ0v) is 12.4. The van der Waals surface area contributed by atoms with Crippen LogP contribution in [0.5, 0.6) is 0 Å². The van der Waals surface area contributed by atoms with E-state index in [9.17, 15) is 4.79 Å². The molecule has 1 unspecified atom stereocenters. The number of amides is 1. The summed E-state index contributed by atoms with van der Waals surface area (Å²) in [5, 5.41) is 3.17. The molecule has 0 saturated carbocycles. The average molecular weight is 275 g/mol. The van der Waals surface area contributed by atoms with Gasteiger partial charge < -0.3 is 14.8 Å². The Morgan fingerprint density at radius 2 is 2.10 bits per heavy atom. The van der Waals surface area contributed by atoms with Crippen LogP contribution in [0.15, 0.2) is 18.6 Å². The first kappa shape index (κ1) is 14.3. The van der Waals surface area contributed by atoms with Gasteiger partial charge in [-0.15, -0.1) is 0 Å². The molecule has 0 aliphatic heterocycles. The molecule has 0 aliphatic carbocycles. The van der Waals surface area contributed by atoms with Gasteiger partial charge in [-0.3, -0.25) is 4.79 Å². The fraction of sp³-hybridized carbons (Fsp3) is 0.500. The maximum atomic E-state index is 12.3. The van der Waals surface area contributed by atoms with Crippen LogP contribution in [0.3, 0.4) is 0 Å². The molecule has 0 saturated heterocycles. The van der Waals surface area contributed by atoms with Crippen LogP contribution in [-0.2, 0) is 11.8 Å². The smallest absolute Gasteiger partial charge is 0.244 e. The van der Waals surface area contributed by atoms with Crippen LogP contribution in [0, 0.1) is 0 Å². The van der Waals surface area contributed by atoms with E-state index in [1.54, 1.807) is 17.4 Å². The third-order valence-electron chi connectivity index (χ3n) is 3.44. The van der Waals surface area contributed by atoms with E-state index >= 15 is 0 Å². The Balaban J connectivity index is 2.22. The molecule has 2 aromatic heterocycles. The van der Waals surface area contributed by atoms with Crippen LogP contribution in [0.25, 0.3) is 11.0 Å². The van der Waals surface area contributed by atoms with Gasteiger partial charge in [0.2, 0.25) is 5.91 Å². The lowest BCUT2D eigenvalue weighted by Gasteiger charge is -2.23. The minimum absolute atomic E-state index is 0.0738. The van der Waals surface area contributed by atoms with Crippen molar-refractivity contribution in [2.75, 3.05) is 18.4 Å². The maximum absolute atomic E-state index is 12.3. The maximum Gasteiger partial charge on any atom is 0.244 e. The van der Waals surface area contributed by atoms with E-state index in [2.05, 4.69) is 15.3 Å². The monoisotopic (exact) mass is 275 g/mol.